The smallest absolute Gasteiger partial charge is 0.309 e. The Hall–Kier alpha value is -2.67. The van der Waals surface area contributed by atoms with Crippen molar-refractivity contribution in [3.8, 4) is 0 Å². The van der Waals surface area contributed by atoms with Gasteiger partial charge in [0.25, 0.3) is 0 Å². The molecule has 0 radical (unpaired) electrons. The lowest BCUT2D eigenvalue weighted by atomic mass is 9.97. The van der Waals surface area contributed by atoms with Crippen LogP contribution in [-0.2, 0) is 28.6 Å². The number of esters is 3. The number of hydrogen-bond donors (Lipinski definition) is 0. The number of allylic oxidation sites excluding steroid dienone is 8. The van der Waals surface area contributed by atoms with E-state index in [0.29, 0.717) is 12.8 Å². The Kier molecular flexibility index (Phi) is 32.2. The standard InChI is InChI=1S/C50H85NO6/c1-3-5-7-9-11-13-15-17-19-21-23-25-27-29-31-33-48(52)55-42-46(44-57-50(54)47-37-39-51(40-38-47)41-45-35-36-45)43-56-49(53)34-32-30-28-26-24-22-20-18-16-14-12-10-8-6-4-2/h11-14,17-20,45-47H,3-10,15-16,21-44H2,1-2H3/b13-11-,14-12-,19-17-,20-18-. The molecule has 1 saturated carbocycles. The number of rotatable bonds is 37. The molecule has 1 aliphatic carbocycles. The van der Waals surface area contributed by atoms with Crippen molar-refractivity contribution in [3.05, 3.63) is 48.6 Å². The van der Waals surface area contributed by atoms with Gasteiger partial charge < -0.3 is 19.1 Å². The second-order valence-corrected chi connectivity index (χ2v) is 16.8. The van der Waals surface area contributed by atoms with Crippen LogP contribution in [0.4, 0.5) is 0 Å². The van der Waals surface area contributed by atoms with E-state index < -0.39 is 0 Å². The largest absolute Gasteiger partial charge is 0.465 e. The Morgan fingerprint density at radius 3 is 1.35 bits per heavy atom. The van der Waals surface area contributed by atoms with Gasteiger partial charge in [0.2, 0.25) is 0 Å². The fourth-order valence-corrected chi connectivity index (χ4v) is 7.21. The van der Waals surface area contributed by atoms with E-state index in [2.05, 4.69) is 67.4 Å². The molecule has 7 heteroatoms. The molecule has 1 heterocycles. The Morgan fingerprint density at radius 2 is 0.912 bits per heavy atom. The minimum atomic E-state index is -0.369. The van der Waals surface area contributed by atoms with Gasteiger partial charge in [0.1, 0.15) is 19.8 Å². The van der Waals surface area contributed by atoms with Crippen molar-refractivity contribution in [2.75, 3.05) is 39.5 Å². The number of nitrogens with zero attached hydrogens (tertiary/aromatic N) is 1. The molecule has 1 aliphatic heterocycles. The molecule has 0 aromatic heterocycles. The Balaban J connectivity index is 1.60. The molecule has 0 N–H and O–H groups in total. The third kappa shape index (κ3) is 31.0. The summed E-state index contributed by atoms with van der Waals surface area (Å²) >= 11 is 0. The summed E-state index contributed by atoms with van der Waals surface area (Å²) in [5, 5.41) is 0. The Morgan fingerprint density at radius 1 is 0.509 bits per heavy atom. The number of ether oxygens (including phenoxy) is 3. The van der Waals surface area contributed by atoms with Crippen LogP contribution >= 0.6 is 0 Å². The molecule has 0 aromatic carbocycles. The van der Waals surface area contributed by atoms with Crippen LogP contribution in [0.25, 0.3) is 0 Å². The second kappa shape index (κ2) is 36.4. The van der Waals surface area contributed by atoms with Gasteiger partial charge in [-0.1, -0.05) is 127 Å². The number of likely N-dealkylation sites (tertiary alicyclic amines) is 1. The van der Waals surface area contributed by atoms with E-state index in [-0.39, 0.29) is 49.6 Å². The summed E-state index contributed by atoms with van der Waals surface area (Å²) in [5.41, 5.74) is 0. The topological polar surface area (TPSA) is 82.1 Å². The molecule has 2 rings (SSSR count). The first-order valence-electron chi connectivity index (χ1n) is 23.8. The fourth-order valence-electron chi connectivity index (χ4n) is 7.21. The quantitative estimate of drug-likeness (QED) is 0.0268. The zero-order valence-electron chi connectivity index (χ0n) is 36.8. The first-order valence-corrected chi connectivity index (χ1v) is 23.8. The maximum atomic E-state index is 13.0. The molecule has 2 aliphatic rings. The van der Waals surface area contributed by atoms with Gasteiger partial charge in [-0.25, -0.2) is 0 Å². The number of hydrogen-bond acceptors (Lipinski definition) is 7. The SMILES string of the molecule is CCCCC/C=C\C/C=C\CCCCCCCC(=O)OCC(COC(=O)CCCCCCC/C=C\C/C=C\CCCCC)COC(=O)C1CCN(CC2CC2)CC1. The van der Waals surface area contributed by atoms with Gasteiger partial charge in [0, 0.05) is 19.4 Å². The summed E-state index contributed by atoms with van der Waals surface area (Å²) in [6, 6.07) is 0. The summed E-state index contributed by atoms with van der Waals surface area (Å²) in [7, 11) is 0. The van der Waals surface area contributed by atoms with Gasteiger partial charge in [-0.2, -0.15) is 0 Å². The predicted octanol–water partition coefficient (Wildman–Crippen LogP) is 13.0. The molecule has 0 unspecified atom stereocenters. The van der Waals surface area contributed by atoms with E-state index in [9.17, 15) is 14.4 Å². The molecule has 0 atom stereocenters. The van der Waals surface area contributed by atoms with Crippen molar-refractivity contribution >= 4 is 17.9 Å². The van der Waals surface area contributed by atoms with Crippen molar-refractivity contribution in [2.24, 2.45) is 17.8 Å². The molecular formula is C50H85NO6. The summed E-state index contributed by atoms with van der Waals surface area (Å²) in [5.74, 6) is -0.273. The molecule has 0 amide bonds. The summed E-state index contributed by atoms with van der Waals surface area (Å²) in [6.07, 6.45) is 48.3. The first kappa shape index (κ1) is 50.5. The summed E-state index contributed by atoms with van der Waals surface area (Å²) in [4.78, 5) is 40.7. The van der Waals surface area contributed by atoms with Crippen molar-refractivity contribution in [2.45, 2.75) is 194 Å². The maximum Gasteiger partial charge on any atom is 0.309 e. The van der Waals surface area contributed by atoms with Crippen LogP contribution in [0.1, 0.15) is 194 Å². The molecular weight excluding hydrogens is 711 g/mol. The van der Waals surface area contributed by atoms with Gasteiger partial charge in [0.15, 0.2) is 0 Å². The van der Waals surface area contributed by atoms with Gasteiger partial charge in [-0.3, -0.25) is 14.4 Å². The van der Waals surface area contributed by atoms with E-state index in [1.165, 1.54) is 89.9 Å². The zero-order valence-corrected chi connectivity index (χ0v) is 36.8. The van der Waals surface area contributed by atoms with Gasteiger partial charge in [-0.05, 0) is 122 Å². The number of carbonyl (C=O) groups excluding carboxylic acids is 3. The van der Waals surface area contributed by atoms with Gasteiger partial charge >= 0.3 is 17.9 Å². The third-order valence-electron chi connectivity index (χ3n) is 11.2. The number of unbranched alkanes of at least 4 members (excludes halogenated alkanes) is 16. The minimum Gasteiger partial charge on any atom is -0.465 e. The zero-order chi connectivity index (χ0) is 40.9. The molecule has 7 nitrogen and oxygen atoms in total. The number of carbonyl (C=O) groups is 3. The van der Waals surface area contributed by atoms with Crippen LogP contribution in [0.5, 0.6) is 0 Å². The Labute approximate surface area is 349 Å². The van der Waals surface area contributed by atoms with Crippen LogP contribution in [0.3, 0.4) is 0 Å². The van der Waals surface area contributed by atoms with E-state index >= 15 is 0 Å². The fraction of sp³-hybridized carbons (Fsp3) is 0.780. The van der Waals surface area contributed by atoms with Crippen LogP contribution in [0, 0.1) is 17.8 Å². The highest BCUT2D eigenvalue weighted by atomic mass is 16.6. The van der Waals surface area contributed by atoms with E-state index in [0.717, 1.165) is 103 Å². The molecule has 0 aromatic rings. The lowest BCUT2D eigenvalue weighted by Gasteiger charge is -2.31. The Bertz CT molecular complexity index is 1050. The van der Waals surface area contributed by atoms with E-state index in [1.54, 1.807) is 0 Å². The minimum absolute atomic E-state index is 0.0865. The highest BCUT2D eigenvalue weighted by Gasteiger charge is 2.30. The lowest BCUT2D eigenvalue weighted by molar-refractivity contribution is -0.156. The molecule has 1 saturated heterocycles. The molecule has 326 valence electrons. The monoisotopic (exact) mass is 796 g/mol. The van der Waals surface area contributed by atoms with Crippen LogP contribution in [0.2, 0.25) is 0 Å². The predicted molar refractivity (Wildman–Crippen MR) is 237 cm³/mol. The molecule has 57 heavy (non-hydrogen) atoms. The van der Waals surface area contributed by atoms with Crippen LogP contribution in [-0.4, -0.2) is 62.3 Å². The van der Waals surface area contributed by atoms with Crippen LogP contribution in [0.15, 0.2) is 48.6 Å². The lowest BCUT2D eigenvalue weighted by Crippen LogP contribution is -2.38. The average molecular weight is 796 g/mol. The van der Waals surface area contributed by atoms with Gasteiger partial charge in [-0.15, -0.1) is 0 Å². The van der Waals surface area contributed by atoms with Crippen molar-refractivity contribution in [3.63, 3.8) is 0 Å². The van der Waals surface area contributed by atoms with Crippen molar-refractivity contribution in [1.82, 2.24) is 4.90 Å². The van der Waals surface area contributed by atoms with Crippen molar-refractivity contribution in [1.29, 1.82) is 0 Å². The molecule has 2 fully saturated rings. The first-order chi connectivity index (χ1) is 28.0. The summed E-state index contributed by atoms with van der Waals surface area (Å²) in [6.45, 7) is 7.78. The third-order valence-corrected chi connectivity index (χ3v) is 11.2. The molecule has 0 spiro atoms. The normalized spacial score (nSPS) is 15.6. The second-order valence-electron chi connectivity index (χ2n) is 16.8. The van der Waals surface area contributed by atoms with Crippen molar-refractivity contribution < 1.29 is 28.6 Å². The maximum absolute atomic E-state index is 13.0. The number of piperidine rings is 1. The van der Waals surface area contributed by atoms with Crippen LogP contribution < -0.4 is 0 Å². The highest BCUT2D eigenvalue weighted by Crippen LogP contribution is 2.31. The van der Waals surface area contributed by atoms with E-state index in [1.807, 2.05) is 0 Å². The highest BCUT2D eigenvalue weighted by molar-refractivity contribution is 5.72. The van der Waals surface area contributed by atoms with E-state index in [4.69, 9.17) is 14.2 Å². The van der Waals surface area contributed by atoms with Gasteiger partial charge in [0.05, 0.1) is 11.8 Å². The molecule has 0 bridgehead atoms. The summed E-state index contributed by atoms with van der Waals surface area (Å²) < 4.78 is 17.0. The average Bonchev–Trinajstić information content (AvgIpc) is 4.04.